The predicted molar refractivity (Wildman–Crippen MR) is 82.5 cm³/mol. The van der Waals surface area contributed by atoms with Crippen LogP contribution >= 0.6 is 11.6 Å². The minimum absolute atomic E-state index is 0.0752. The Kier molecular flexibility index (Phi) is 3.90. The molecule has 0 atom stereocenters. The molecule has 0 aliphatic rings. The molecule has 2 nitrogen and oxygen atoms in total. The van der Waals surface area contributed by atoms with Crippen molar-refractivity contribution in [3.8, 4) is 11.3 Å². The second-order valence-corrected chi connectivity index (χ2v) is 5.25. The lowest BCUT2D eigenvalue weighted by atomic mass is 10.1. The van der Waals surface area contributed by atoms with Gasteiger partial charge in [0, 0.05) is 17.2 Å². The molecule has 0 amide bonds. The van der Waals surface area contributed by atoms with Gasteiger partial charge in [-0.15, -0.1) is 11.6 Å². The van der Waals surface area contributed by atoms with Gasteiger partial charge in [-0.3, -0.25) is 4.79 Å². The Labute approximate surface area is 134 Å². The van der Waals surface area contributed by atoms with Crippen molar-refractivity contribution in [3.63, 3.8) is 0 Å². The second-order valence-electron chi connectivity index (χ2n) is 4.98. The van der Waals surface area contributed by atoms with E-state index in [1.807, 2.05) is 0 Å². The van der Waals surface area contributed by atoms with Crippen LogP contribution in [-0.4, -0.2) is 0 Å². The van der Waals surface area contributed by atoms with Gasteiger partial charge in [-0.05, 0) is 18.2 Å². The summed E-state index contributed by atoms with van der Waals surface area (Å²) in [5.74, 6) is 0.206. The number of alkyl halides is 4. The summed E-state index contributed by atoms with van der Waals surface area (Å²) < 4.78 is 44.1. The molecule has 1 aromatic heterocycles. The number of hydrogen-bond acceptors (Lipinski definition) is 2. The van der Waals surface area contributed by atoms with E-state index in [9.17, 15) is 18.0 Å². The molecule has 0 N–H and O–H groups in total. The molecular weight excluding hydrogens is 329 g/mol. The van der Waals surface area contributed by atoms with Gasteiger partial charge < -0.3 is 4.42 Å². The van der Waals surface area contributed by atoms with Crippen LogP contribution in [0.3, 0.4) is 0 Å². The van der Waals surface area contributed by atoms with Crippen molar-refractivity contribution in [3.05, 3.63) is 69.9 Å². The zero-order valence-electron chi connectivity index (χ0n) is 11.7. The highest BCUT2D eigenvalue weighted by molar-refractivity contribution is 6.17. The number of hydrogen-bond donors (Lipinski definition) is 0. The highest BCUT2D eigenvalue weighted by Gasteiger charge is 2.30. The first kappa shape index (κ1) is 15.6. The molecule has 3 aromatic rings. The SMILES string of the molecule is O=c1cc(-c2cccc(C(F)(F)F)c2)oc2c(CCl)cccc12. The number of halogens is 4. The molecule has 23 heavy (non-hydrogen) atoms. The minimum Gasteiger partial charge on any atom is -0.455 e. The molecule has 2 aromatic carbocycles. The van der Waals surface area contributed by atoms with Crippen LogP contribution < -0.4 is 5.43 Å². The van der Waals surface area contributed by atoms with Gasteiger partial charge in [-0.1, -0.05) is 24.3 Å². The Hall–Kier alpha value is -2.27. The molecular formula is C17H10ClF3O2. The second kappa shape index (κ2) is 5.74. The average molecular weight is 339 g/mol. The molecule has 6 heteroatoms. The van der Waals surface area contributed by atoms with Gasteiger partial charge in [-0.25, -0.2) is 0 Å². The summed E-state index contributed by atoms with van der Waals surface area (Å²) in [7, 11) is 0. The van der Waals surface area contributed by atoms with E-state index in [1.54, 1.807) is 18.2 Å². The number of rotatable bonds is 2. The maximum atomic E-state index is 12.8. The summed E-state index contributed by atoms with van der Waals surface area (Å²) in [6.07, 6.45) is -4.46. The minimum atomic E-state index is -4.46. The van der Waals surface area contributed by atoms with E-state index < -0.39 is 11.7 Å². The monoisotopic (exact) mass is 338 g/mol. The average Bonchev–Trinajstić information content (AvgIpc) is 2.53. The van der Waals surface area contributed by atoms with E-state index in [0.717, 1.165) is 12.1 Å². The van der Waals surface area contributed by atoms with Crippen molar-refractivity contribution in [1.82, 2.24) is 0 Å². The Morgan fingerprint density at radius 1 is 1.04 bits per heavy atom. The summed E-state index contributed by atoms with van der Waals surface area (Å²) in [5, 5.41) is 0.346. The molecule has 118 valence electrons. The molecule has 0 fully saturated rings. The van der Waals surface area contributed by atoms with Crippen LogP contribution in [0, 0.1) is 0 Å². The van der Waals surface area contributed by atoms with Gasteiger partial charge in [0.1, 0.15) is 11.3 Å². The lowest BCUT2D eigenvalue weighted by Gasteiger charge is -2.09. The Bertz CT molecular complexity index is 929. The topological polar surface area (TPSA) is 30.2 Å². The first-order valence-corrected chi connectivity index (χ1v) is 7.23. The van der Waals surface area contributed by atoms with Crippen molar-refractivity contribution in [1.29, 1.82) is 0 Å². The predicted octanol–water partition coefficient (Wildman–Crippen LogP) is 5.22. The lowest BCUT2D eigenvalue weighted by molar-refractivity contribution is -0.137. The fourth-order valence-corrected chi connectivity index (χ4v) is 2.54. The highest BCUT2D eigenvalue weighted by Crippen LogP contribution is 2.32. The standard InChI is InChI=1S/C17H10ClF3O2/c18-9-11-4-2-6-13-14(22)8-15(23-16(11)13)10-3-1-5-12(7-10)17(19,20)21/h1-8H,9H2. The van der Waals surface area contributed by atoms with Crippen LogP contribution in [0.5, 0.6) is 0 Å². The van der Waals surface area contributed by atoms with Gasteiger partial charge in [-0.2, -0.15) is 13.2 Å². The normalized spacial score (nSPS) is 11.8. The molecule has 0 unspecified atom stereocenters. The molecule has 0 saturated carbocycles. The molecule has 1 heterocycles. The Morgan fingerprint density at radius 3 is 2.48 bits per heavy atom. The summed E-state index contributed by atoms with van der Waals surface area (Å²) in [6, 6.07) is 10.8. The van der Waals surface area contributed by atoms with E-state index in [0.29, 0.717) is 16.5 Å². The molecule has 3 rings (SSSR count). The van der Waals surface area contributed by atoms with Crippen LogP contribution in [0.15, 0.2) is 57.7 Å². The van der Waals surface area contributed by atoms with Crippen molar-refractivity contribution < 1.29 is 17.6 Å². The van der Waals surface area contributed by atoms with Crippen LogP contribution in [0.2, 0.25) is 0 Å². The van der Waals surface area contributed by atoms with Gasteiger partial charge in [0.15, 0.2) is 5.43 Å². The van der Waals surface area contributed by atoms with Gasteiger partial charge in [0.2, 0.25) is 0 Å². The molecule has 0 aliphatic carbocycles. The van der Waals surface area contributed by atoms with Crippen LogP contribution in [0.25, 0.3) is 22.3 Å². The largest absolute Gasteiger partial charge is 0.455 e. The quantitative estimate of drug-likeness (QED) is 0.600. The van der Waals surface area contributed by atoms with Crippen molar-refractivity contribution in [2.24, 2.45) is 0 Å². The third-order valence-electron chi connectivity index (χ3n) is 3.45. The van der Waals surface area contributed by atoms with E-state index in [-0.39, 0.29) is 22.6 Å². The Morgan fingerprint density at radius 2 is 1.78 bits per heavy atom. The van der Waals surface area contributed by atoms with Gasteiger partial charge >= 0.3 is 6.18 Å². The Balaban J connectivity index is 2.23. The number of fused-ring (bicyclic) bond motifs is 1. The number of para-hydroxylation sites is 1. The zero-order chi connectivity index (χ0) is 16.6. The van der Waals surface area contributed by atoms with Crippen LogP contribution in [-0.2, 0) is 12.1 Å². The molecule has 0 spiro atoms. The fraction of sp³-hybridized carbons (Fsp3) is 0.118. The van der Waals surface area contributed by atoms with Crippen molar-refractivity contribution in [2.75, 3.05) is 0 Å². The van der Waals surface area contributed by atoms with Gasteiger partial charge in [0.25, 0.3) is 0 Å². The lowest BCUT2D eigenvalue weighted by Crippen LogP contribution is -2.05. The third-order valence-corrected chi connectivity index (χ3v) is 3.74. The van der Waals surface area contributed by atoms with Crippen molar-refractivity contribution >= 4 is 22.6 Å². The summed E-state index contributed by atoms with van der Waals surface area (Å²) in [5.41, 5.74) is -0.0466. The molecule has 0 radical (unpaired) electrons. The van der Waals surface area contributed by atoms with E-state index in [2.05, 4.69) is 0 Å². The van der Waals surface area contributed by atoms with E-state index in [4.69, 9.17) is 16.0 Å². The highest BCUT2D eigenvalue weighted by atomic mass is 35.5. The molecule has 0 saturated heterocycles. The zero-order valence-corrected chi connectivity index (χ0v) is 12.4. The molecule has 0 bridgehead atoms. The first-order chi connectivity index (χ1) is 10.9. The maximum Gasteiger partial charge on any atom is 0.416 e. The summed E-state index contributed by atoms with van der Waals surface area (Å²) in [4.78, 5) is 12.2. The van der Waals surface area contributed by atoms with E-state index in [1.165, 1.54) is 18.2 Å². The molecule has 0 aliphatic heterocycles. The summed E-state index contributed by atoms with van der Waals surface area (Å²) >= 11 is 5.83. The van der Waals surface area contributed by atoms with E-state index >= 15 is 0 Å². The summed E-state index contributed by atoms with van der Waals surface area (Å²) in [6.45, 7) is 0. The third kappa shape index (κ3) is 2.97. The van der Waals surface area contributed by atoms with Crippen molar-refractivity contribution in [2.45, 2.75) is 12.1 Å². The maximum absolute atomic E-state index is 12.8. The van der Waals surface area contributed by atoms with Gasteiger partial charge in [0.05, 0.1) is 16.8 Å². The van der Waals surface area contributed by atoms with Crippen LogP contribution in [0.1, 0.15) is 11.1 Å². The number of benzene rings is 2. The first-order valence-electron chi connectivity index (χ1n) is 6.69. The van der Waals surface area contributed by atoms with Crippen LogP contribution in [0.4, 0.5) is 13.2 Å². The smallest absolute Gasteiger partial charge is 0.416 e. The fourth-order valence-electron chi connectivity index (χ4n) is 2.33.